The number of Topliss-reactive ketones (excluding diaryl/α,β-unsaturated/α-hetero) is 1. The summed E-state index contributed by atoms with van der Waals surface area (Å²) in [6.45, 7) is 7.96. The van der Waals surface area contributed by atoms with Crippen molar-refractivity contribution in [2.75, 3.05) is 44.7 Å². The number of halogens is 5. The molecular weight excluding hydrogens is 1020 g/mol. The second-order valence-corrected chi connectivity index (χ2v) is 20.2. The van der Waals surface area contributed by atoms with Crippen molar-refractivity contribution >= 4 is 74.7 Å². The standard InChI is InChI=1S/C48H56F4IN7O7S/c1-27-42(68-26-56-27)29-9-7-28(8-10-29)36(58-44(64)37-22-31(61)24-60(37)45(65)43(47(2,3)4)59-46(66)48(52)15-16-48)23-39(63)55-19-5-17-54-18-6-20-67-25-38(62)32-12-13-33(49)40(51)41(32)57-35-14-11-30(53)21-34(35)50/h7-14,21,26,31,36-37,43,54,57,61H,5-6,15-20,22-25H2,1-4H3,(H,55,63)(H,58,64)(H,59,66)/t31-,36+,37+,43?/m1/s1. The molecule has 2 heterocycles. The van der Waals surface area contributed by atoms with Gasteiger partial charge >= 0.3 is 0 Å². The molecule has 14 nitrogen and oxygen atoms in total. The van der Waals surface area contributed by atoms with Crippen LogP contribution in [-0.2, 0) is 23.9 Å². The predicted octanol–water partition coefficient (Wildman–Crippen LogP) is 6.81. The molecule has 2 fully saturated rings. The molecule has 4 aromatic rings. The Hall–Kier alpha value is -5.03. The van der Waals surface area contributed by atoms with E-state index in [1.165, 1.54) is 28.4 Å². The molecule has 3 aromatic carbocycles. The van der Waals surface area contributed by atoms with Crippen molar-refractivity contribution in [1.29, 1.82) is 0 Å². The van der Waals surface area contributed by atoms with Crippen LogP contribution in [0.25, 0.3) is 10.4 Å². The Morgan fingerprint density at radius 3 is 2.35 bits per heavy atom. The van der Waals surface area contributed by atoms with E-state index in [1.807, 2.05) is 53.8 Å². The molecule has 1 unspecified atom stereocenters. The number of alkyl halides is 1. The summed E-state index contributed by atoms with van der Waals surface area (Å²) in [5.74, 6) is -6.30. The van der Waals surface area contributed by atoms with Crippen molar-refractivity contribution in [2.45, 2.75) is 96.1 Å². The monoisotopic (exact) mass is 1080 g/mol. The lowest BCUT2D eigenvalue weighted by atomic mass is 9.85. The molecule has 0 spiro atoms. The van der Waals surface area contributed by atoms with Crippen LogP contribution in [0, 0.1) is 33.4 Å². The van der Waals surface area contributed by atoms with Gasteiger partial charge in [-0.15, -0.1) is 11.3 Å². The maximum absolute atomic E-state index is 14.8. The van der Waals surface area contributed by atoms with Crippen molar-refractivity contribution in [1.82, 2.24) is 31.2 Å². The Morgan fingerprint density at radius 1 is 0.971 bits per heavy atom. The first kappa shape index (κ1) is 52.3. The number of carbonyl (C=O) groups is 5. The Morgan fingerprint density at radius 2 is 1.69 bits per heavy atom. The number of aryl methyl sites for hydroxylation is 1. The van der Waals surface area contributed by atoms with Crippen LogP contribution in [0.15, 0.2) is 60.1 Å². The summed E-state index contributed by atoms with van der Waals surface area (Å²) in [4.78, 5) is 73.8. The maximum atomic E-state index is 14.8. The second kappa shape index (κ2) is 23.1. The van der Waals surface area contributed by atoms with Gasteiger partial charge in [0.2, 0.25) is 17.7 Å². The number of benzene rings is 3. The molecule has 1 saturated carbocycles. The molecule has 2 aliphatic rings. The van der Waals surface area contributed by atoms with E-state index in [4.69, 9.17) is 4.74 Å². The van der Waals surface area contributed by atoms with Gasteiger partial charge in [0.25, 0.3) is 5.91 Å². The van der Waals surface area contributed by atoms with Gasteiger partial charge in [0.1, 0.15) is 24.5 Å². The van der Waals surface area contributed by atoms with Crippen LogP contribution in [0.5, 0.6) is 0 Å². The van der Waals surface area contributed by atoms with E-state index in [0.717, 1.165) is 28.3 Å². The number of nitrogens with one attached hydrogen (secondary N) is 5. The lowest BCUT2D eigenvalue weighted by Gasteiger charge is -2.36. The third-order valence-electron chi connectivity index (χ3n) is 11.7. The van der Waals surface area contributed by atoms with E-state index in [1.54, 1.807) is 32.3 Å². The zero-order valence-corrected chi connectivity index (χ0v) is 41.1. The molecule has 1 aliphatic heterocycles. The number of ether oxygens (including phenoxy) is 1. The van der Waals surface area contributed by atoms with Crippen LogP contribution < -0.4 is 26.6 Å². The summed E-state index contributed by atoms with van der Waals surface area (Å²) in [5.41, 5.74) is 0.448. The number of aliphatic hydroxyl groups excluding tert-OH is 1. The quantitative estimate of drug-likeness (QED) is 0.0211. The number of likely N-dealkylation sites (tertiary alicyclic amines) is 1. The molecule has 1 aliphatic carbocycles. The zero-order chi connectivity index (χ0) is 49.3. The predicted molar refractivity (Wildman–Crippen MR) is 257 cm³/mol. The summed E-state index contributed by atoms with van der Waals surface area (Å²) >= 11 is 3.39. The number of hydrogen-bond acceptors (Lipinski definition) is 11. The van der Waals surface area contributed by atoms with Crippen molar-refractivity contribution in [3.05, 3.63) is 98.0 Å². The first-order chi connectivity index (χ1) is 32.2. The van der Waals surface area contributed by atoms with E-state index < -0.39 is 88.6 Å². The summed E-state index contributed by atoms with van der Waals surface area (Å²) in [7, 11) is 0. The molecule has 1 aromatic heterocycles. The first-order valence-electron chi connectivity index (χ1n) is 22.3. The molecule has 4 atom stereocenters. The number of rotatable bonds is 22. The van der Waals surface area contributed by atoms with E-state index in [-0.39, 0.29) is 56.0 Å². The van der Waals surface area contributed by atoms with Crippen molar-refractivity contribution in [3.8, 4) is 10.4 Å². The highest BCUT2D eigenvalue weighted by Crippen LogP contribution is 2.41. The van der Waals surface area contributed by atoms with E-state index in [0.29, 0.717) is 41.6 Å². The van der Waals surface area contributed by atoms with E-state index >= 15 is 0 Å². The lowest BCUT2D eigenvalue weighted by molar-refractivity contribution is -0.145. The van der Waals surface area contributed by atoms with Crippen LogP contribution in [0.4, 0.5) is 28.9 Å². The average Bonchev–Trinajstić information content (AvgIpc) is 3.70. The number of ketones is 1. The number of carbonyl (C=O) groups excluding carboxylic acids is 5. The normalized spacial score (nSPS) is 17.3. The molecule has 68 heavy (non-hydrogen) atoms. The van der Waals surface area contributed by atoms with Crippen molar-refractivity contribution in [3.63, 3.8) is 0 Å². The number of aliphatic hydroxyl groups is 1. The van der Waals surface area contributed by atoms with Crippen molar-refractivity contribution in [2.24, 2.45) is 5.41 Å². The summed E-state index contributed by atoms with van der Waals surface area (Å²) in [6.07, 6.45) is -0.0940. The summed E-state index contributed by atoms with van der Waals surface area (Å²) in [5, 5.41) is 24.8. The lowest BCUT2D eigenvalue weighted by Crippen LogP contribution is -2.59. The van der Waals surface area contributed by atoms with Gasteiger partial charge in [-0.3, -0.25) is 24.0 Å². The Bertz CT molecular complexity index is 2470. The van der Waals surface area contributed by atoms with Gasteiger partial charge in [0.15, 0.2) is 23.1 Å². The third-order valence-corrected chi connectivity index (χ3v) is 13.3. The first-order valence-corrected chi connectivity index (χ1v) is 24.3. The number of nitrogens with zero attached hydrogens (tertiary/aromatic N) is 2. The Balaban J connectivity index is 0.986. The number of β-amino-alcohol motifs (C(OH)–C–C–N with tert-alkyl or cyclic N) is 1. The van der Waals surface area contributed by atoms with Gasteiger partial charge in [-0.05, 0) is 115 Å². The summed E-state index contributed by atoms with van der Waals surface area (Å²) in [6, 6.07) is 10.3. The molecule has 0 bridgehead atoms. The minimum Gasteiger partial charge on any atom is -0.391 e. The molecule has 6 rings (SSSR count). The topological polar surface area (TPSA) is 191 Å². The largest absolute Gasteiger partial charge is 0.391 e. The van der Waals surface area contributed by atoms with Gasteiger partial charge in [0, 0.05) is 35.3 Å². The molecular formula is C48H56F4IN7O7S. The van der Waals surface area contributed by atoms with Crippen LogP contribution in [0.2, 0.25) is 0 Å². The zero-order valence-electron chi connectivity index (χ0n) is 38.2. The Kier molecular flexibility index (Phi) is 17.7. The maximum Gasteiger partial charge on any atom is 0.258 e. The average molecular weight is 1080 g/mol. The minimum atomic E-state index is -2.03. The van der Waals surface area contributed by atoms with Crippen LogP contribution in [0.3, 0.4) is 0 Å². The summed E-state index contributed by atoms with van der Waals surface area (Å²) < 4.78 is 64.1. The molecule has 366 valence electrons. The van der Waals surface area contributed by atoms with Gasteiger partial charge in [-0.2, -0.15) is 0 Å². The highest BCUT2D eigenvalue weighted by atomic mass is 127. The second-order valence-electron chi connectivity index (χ2n) is 18.1. The van der Waals surface area contributed by atoms with Gasteiger partial charge in [-0.25, -0.2) is 22.5 Å². The third kappa shape index (κ3) is 13.6. The van der Waals surface area contributed by atoms with Crippen LogP contribution >= 0.6 is 33.9 Å². The molecule has 0 radical (unpaired) electrons. The fourth-order valence-corrected chi connectivity index (χ4v) is 8.94. The molecule has 4 amide bonds. The number of hydrogen-bond donors (Lipinski definition) is 6. The SMILES string of the molecule is Cc1ncsc1-c1ccc([C@H](CC(=O)NCCCNCCCOCC(=O)c2ccc(F)c(F)c2Nc2ccc(I)cc2F)NC(=O)[C@@H]2C[C@@H](O)CN2C(=O)C(NC(=O)C2(F)CC2)C(C)(C)C)cc1. The molecule has 6 N–H and O–H groups in total. The number of amides is 4. The highest BCUT2D eigenvalue weighted by Gasteiger charge is 2.53. The van der Waals surface area contributed by atoms with Gasteiger partial charge < -0.3 is 41.3 Å². The smallest absolute Gasteiger partial charge is 0.258 e. The van der Waals surface area contributed by atoms with Crippen LogP contribution in [0.1, 0.15) is 87.0 Å². The van der Waals surface area contributed by atoms with Gasteiger partial charge in [-0.1, -0.05) is 45.0 Å². The molecule has 1 saturated heterocycles. The fourth-order valence-electron chi connectivity index (χ4n) is 7.68. The number of thiazole rings is 1. The Labute approximate surface area is 409 Å². The van der Waals surface area contributed by atoms with E-state index in [9.17, 15) is 46.6 Å². The highest BCUT2D eigenvalue weighted by molar-refractivity contribution is 14.1. The number of aromatic nitrogens is 1. The van der Waals surface area contributed by atoms with Gasteiger partial charge in [0.05, 0.1) is 46.0 Å². The van der Waals surface area contributed by atoms with E-state index in [2.05, 4.69) is 31.6 Å². The number of anilines is 2. The fraction of sp³-hybridized carbons (Fsp3) is 0.458. The van der Waals surface area contributed by atoms with Crippen molar-refractivity contribution < 1.29 is 51.4 Å². The molecule has 20 heteroatoms. The minimum absolute atomic E-state index is 0.0621. The van der Waals surface area contributed by atoms with Crippen LogP contribution in [-0.4, -0.2) is 108 Å².